The largest absolute Gasteiger partial charge is 0.395 e. The van der Waals surface area contributed by atoms with Crippen LogP contribution in [0.3, 0.4) is 0 Å². The third-order valence-corrected chi connectivity index (χ3v) is 2.23. The molecule has 6 heteroatoms. The van der Waals surface area contributed by atoms with E-state index >= 15 is 0 Å². The molecule has 1 heterocycles. The topological polar surface area (TPSA) is 90.2 Å². The number of hydrogen-bond acceptors (Lipinski definition) is 4. The lowest BCUT2D eigenvalue weighted by molar-refractivity contribution is 0.265. The van der Waals surface area contributed by atoms with E-state index in [0.717, 1.165) is 4.57 Å². The Balaban J connectivity index is 3.21. The van der Waals surface area contributed by atoms with Crippen molar-refractivity contribution in [3.63, 3.8) is 0 Å². The number of aryl methyl sites for hydroxylation is 1. The van der Waals surface area contributed by atoms with Crippen LogP contribution in [0.1, 0.15) is 5.56 Å². The van der Waals surface area contributed by atoms with Crippen molar-refractivity contribution in [1.82, 2.24) is 9.13 Å². The average molecular weight is 213 g/mol. The zero-order valence-corrected chi connectivity index (χ0v) is 8.80. The zero-order valence-electron chi connectivity index (χ0n) is 8.80. The van der Waals surface area contributed by atoms with Crippen molar-refractivity contribution >= 4 is 0 Å². The Hall–Kier alpha value is -1.40. The summed E-state index contributed by atoms with van der Waals surface area (Å²) in [5.74, 6) is 0. The summed E-state index contributed by atoms with van der Waals surface area (Å²) in [7, 11) is 2.98. The van der Waals surface area contributed by atoms with Gasteiger partial charge < -0.3 is 15.4 Å². The fraction of sp³-hybridized carbons (Fsp3) is 0.556. The Morgan fingerprint density at radius 1 is 1.47 bits per heavy atom. The van der Waals surface area contributed by atoms with Crippen molar-refractivity contribution in [3.8, 4) is 0 Å². The van der Waals surface area contributed by atoms with E-state index in [4.69, 9.17) is 10.8 Å². The van der Waals surface area contributed by atoms with Crippen LogP contribution < -0.4 is 17.0 Å². The van der Waals surface area contributed by atoms with Gasteiger partial charge in [-0.1, -0.05) is 0 Å². The lowest BCUT2D eigenvalue weighted by Gasteiger charge is -2.09. The van der Waals surface area contributed by atoms with Crippen LogP contribution in [0.4, 0.5) is 0 Å². The first-order chi connectivity index (χ1) is 6.97. The molecule has 84 valence electrons. The van der Waals surface area contributed by atoms with Crippen LogP contribution in [0.15, 0.2) is 15.8 Å². The van der Waals surface area contributed by atoms with Gasteiger partial charge in [-0.2, -0.15) is 0 Å². The quantitative estimate of drug-likeness (QED) is 0.604. The summed E-state index contributed by atoms with van der Waals surface area (Å²) in [5.41, 5.74) is 5.23. The maximum atomic E-state index is 11.6. The van der Waals surface area contributed by atoms with E-state index in [2.05, 4.69) is 0 Å². The van der Waals surface area contributed by atoms with E-state index in [1.54, 1.807) is 7.05 Å². The van der Waals surface area contributed by atoms with Crippen LogP contribution in [0, 0.1) is 0 Å². The number of rotatable bonds is 3. The highest BCUT2D eigenvalue weighted by atomic mass is 16.3. The molecule has 0 aliphatic heterocycles. The van der Waals surface area contributed by atoms with E-state index in [1.807, 2.05) is 0 Å². The summed E-state index contributed by atoms with van der Waals surface area (Å²) in [5, 5.41) is 8.78. The summed E-state index contributed by atoms with van der Waals surface area (Å²) in [6, 6.07) is -0.477. The first-order valence-corrected chi connectivity index (χ1v) is 4.59. The predicted molar refractivity (Wildman–Crippen MR) is 55.7 cm³/mol. The molecule has 1 atom stereocenters. The Morgan fingerprint density at radius 2 is 2.07 bits per heavy atom. The van der Waals surface area contributed by atoms with Crippen LogP contribution >= 0.6 is 0 Å². The number of hydrogen-bond donors (Lipinski definition) is 2. The summed E-state index contributed by atoms with van der Waals surface area (Å²) >= 11 is 0. The third-order valence-electron chi connectivity index (χ3n) is 2.23. The van der Waals surface area contributed by atoms with E-state index < -0.39 is 6.04 Å². The molecule has 0 fully saturated rings. The summed E-state index contributed by atoms with van der Waals surface area (Å²) in [6.45, 7) is -0.188. The summed E-state index contributed by atoms with van der Waals surface area (Å²) in [6.07, 6.45) is 1.72. The van der Waals surface area contributed by atoms with E-state index in [1.165, 1.54) is 17.8 Å². The standard InChI is InChI=1S/C9H15N3O3/c1-11-4-6(3-7(10)5-13)8(14)12(2)9(11)15/h4,7,13H,3,5,10H2,1-2H3. The molecule has 0 radical (unpaired) electrons. The van der Waals surface area contributed by atoms with Crippen LogP contribution in [0.2, 0.25) is 0 Å². The van der Waals surface area contributed by atoms with E-state index in [0.29, 0.717) is 5.56 Å². The van der Waals surface area contributed by atoms with Crippen LogP contribution in [0.25, 0.3) is 0 Å². The molecule has 0 aromatic carbocycles. The summed E-state index contributed by atoms with van der Waals surface area (Å²) in [4.78, 5) is 22.9. The Bertz CT molecular complexity index is 461. The normalized spacial score (nSPS) is 12.8. The Morgan fingerprint density at radius 3 is 2.60 bits per heavy atom. The van der Waals surface area contributed by atoms with Crippen molar-refractivity contribution in [2.75, 3.05) is 6.61 Å². The number of aromatic nitrogens is 2. The molecule has 1 rings (SSSR count). The second-order valence-electron chi connectivity index (χ2n) is 3.56. The lowest BCUT2D eigenvalue weighted by atomic mass is 10.1. The minimum atomic E-state index is -0.477. The van der Waals surface area contributed by atoms with Crippen molar-refractivity contribution in [2.24, 2.45) is 19.8 Å². The third kappa shape index (κ3) is 2.34. The number of aliphatic hydroxyl groups excluding tert-OH is 1. The number of nitrogens with zero attached hydrogens (tertiary/aromatic N) is 2. The van der Waals surface area contributed by atoms with Gasteiger partial charge in [0.1, 0.15) is 0 Å². The second kappa shape index (κ2) is 4.41. The van der Waals surface area contributed by atoms with Gasteiger partial charge in [0.15, 0.2) is 0 Å². The van der Waals surface area contributed by atoms with Gasteiger partial charge in [-0.05, 0) is 6.42 Å². The van der Waals surface area contributed by atoms with E-state index in [9.17, 15) is 9.59 Å². The van der Waals surface area contributed by atoms with Crippen LogP contribution in [0.5, 0.6) is 0 Å². The molecule has 15 heavy (non-hydrogen) atoms. The van der Waals surface area contributed by atoms with Crippen LogP contribution in [-0.4, -0.2) is 26.9 Å². The molecule has 0 amide bonds. The van der Waals surface area contributed by atoms with Gasteiger partial charge >= 0.3 is 5.69 Å². The molecule has 0 aliphatic carbocycles. The second-order valence-corrected chi connectivity index (χ2v) is 3.56. The van der Waals surface area contributed by atoms with Gasteiger partial charge in [-0.25, -0.2) is 4.79 Å². The maximum absolute atomic E-state index is 11.6. The molecule has 6 nitrogen and oxygen atoms in total. The van der Waals surface area contributed by atoms with Gasteiger partial charge in [-0.3, -0.25) is 9.36 Å². The SMILES string of the molecule is Cn1cc(CC(N)CO)c(=O)n(C)c1=O. The van der Waals surface area contributed by atoms with Gasteiger partial charge in [0, 0.05) is 31.9 Å². The minimum Gasteiger partial charge on any atom is -0.395 e. The Kier molecular flexibility index (Phi) is 3.43. The number of nitrogens with two attached hydrogens (primary N) is 1. The molecular formula is C9H15N3O3. The smallest absolute Gasteiger partial charge is 0.330 e. The molecular weight excluding hydrogens is 198 g/mol. The van der Waals surface area contributed by atoms with Gasteiger partial charge in [0.25, 0.3) is 5.56 Å². The lowest BCUT2D eigenvalue weighted by Crippen LogP contribution is -2.40. The fourth-order valence-corrected chi connectivity index (χ4v) is 1.37. The fourth-order valence-electron chi connectivity index (χ4n) is 1.37. The first-order valence-electron chi connectivity index (χ1n) is 4.59. The summed E-state index contributed by atoms with van der Waals surface area (Å²) < 4.78 is 2.35. The highest BCUT2D eigenvalue weighted by molar-refractivity contribution is 5.07. The van der Waals surface area contributed by atoms with Crippen molar-refractivity contribution < 1.29 is 5.11 Å². The molecule has 0 spiro atoms. The monoisotopic (exact) mass is 213 g/mol. The molecule has 0 saturated carbocycles. The Labute approximate surface area is 86.6 Å². The zero-order chi connectivity index (χ0) is 11.6. The van der Waals surface area contributed by atoms with Crippen molar-refractivity contribution in [1.29, 1.82) is 0 Å². The molecule has 3 N–H and O–H groups in total. The molecule has 1 aromatic rings. The molecule has 0 saturated heterocycles. The van der Waals surface area contributed by atoms with Crippen LogP contribution in [-0.2, 0) is 20.5 Å². The molecule has 1 unspecified atom stereocenters. The van der Waals surface area contributed by atoms with Crippen molar-refractivity contribution in [2.45, 2.75) is 12.5 Å². The average Bonchev–Trinajstić information content (AvgIpc) is 2.22. The molecule has 0 bridgehead atoms. The highest BCUT2D eigenvalue weighted by Gasteiger charge is 2.10. The predicted octanol–water partition coefficient (Wildman–Crippen LogP) is -2.05. The minimum absolute atomic E-state index is 0.188. The molecule has 0 aliphatic rings. The van der Waals surface area contributed by atoms with Crippen molar-refractivity contribution in [3.05, 3.63) is 32.6 Å². The van der Waals surface area contributed by atoms with Gasteiger partial charge in [0.2, 0.25) is 0 Å². The molecule has 1 aromatic heterocycles. The van der Waals surface area contributed by atoms with Gasteiger partial charge in [0.05, 0.1) is 6.61 Å². The maximum Gasteiger partial charge on any atom is 0.330 e. The van der Waals surface area contributed by atoms with Gasteiger partial charge in [-0.15, -0.1) is 0 Å². The number of aliphatic hydroxyl groups is 1. The van der Waals surface area contributed by atoms with E-state index in [-0.39, 0.29) is 24.3 Å². The first kappa shape index (κ1) is 11.7. The highest BCUT2D eigenvalue weighted by Crippen LogP contribution is 1.93.